The molecular formula is C40H24N6. The van der Waals surface area contributed by atoms with E-state index in [1.807, 2.05) is 24.4 Å². The normalized spacial score (nSPS) is 11.5. The molecule has 6 heteroatoms. The summed E-state index contributed by atoms with van der Waals surface area (Å²) in [7, 11) is 0. The van der Waals surface area contributed by atoms with Crippen LogP contribution in [0.5, 0.6) is 0 Å². The second-order valence-electron chi connectivity index (χ2n) is 11.3. The van der Waals surface area contributed by atoms with Crippen LogP contribution in [0.3, 0.4) is 0 Å². The fraction of sp³-hybridized carbons (Fsp3) is 0. The zero-order valence-corrected chi connectivity index (χ0v) is 24.5. The van der Waals surface area contributed by atoms with Crippen molar-refractivity contribution >= 4 is 43.6 Å². The van der Waals surface area contributed by atoms with Crippen LogP contribution in [0.2, 0.25) is 0 Å². The molecule has 9 aromatic rings. The van der Waals surface area contributed by atoms with E-state index in [9.17, 15) is 0 Å². The molecule has 0 amide bonds. The summed E-state index contributed by atoms with van der Waals surface area (Å²) in [5.74, 6) is 0. The average molecular weight is 589 g/mol. The maximum Gasteiger partial charge on any atom is 0.116 e. The highest BCUT2D eigenvalue weighted by Crippen LogP contribution is 2.31. The lowest BCUT2D eigenvalue weighted by molar-refractivity contribution is 1.16. The molecule has 0 spiro atoms. The first-order chi connectivity index (χ1) is 22.7. The van der Waals surface area contributed by atoms with Gasteiger partial charge in [0.25, 0.3) is 0 Å². The van der Waals surface area contributed by atoms with Crippen molar-refractivity contribution in [2.75, 3.05) is 0 Å². The highest BCUT2D eigenvalue weighted by Gasteiger charge is 2.10. The predicted octanol–water partition coefficient (Wildman–Crippen LogP) is 9.34. The zero-order valence-electron chi connectivity index (χ0n) is 24.5. The van der Waals surface area contributed by atoms with Gasteiger partial charge in [0.1, 0.15) is 6.33 Å². The second kappa shape index (κ2) is 10.6. The quantitative estimate of drug-likeness (QED) is 0.191. The second-order valence-corrected chi connectivity index (χ2v) is 11.3. The molecule has 0 saturated heterocycles. The van der Waals surface area contributed by atoms with Crippen LogP contribution in [0.15, 0.2) is 146 Å². The van der Waals surface area contributed by atoms with Crippen LogP contribution in [0.25, 0.3) is 88.6 Å². The van der Waals surface area contributed by atoms with Crippen LogP contribution in [0.1, 0.15) is 0 Å². The number of nitrogens with zero attached hydrogens (tertiary/aromatic N) is 6. The third kappa shape index (κ3) is 4.60. The van der Waals surface area contributed by atoms with Gasteiger partial charge < -0.3 is 0 Å². The number of rotatable bonds is 4. The Morgan fingerprint density at radius 2 is 0.978 bits per heavy atom. The van der Waals surface area contributed by atoms with Crippen LogP contribution in [0.4, 0.5) is 0 Å². The Balaban J connectivity index is 1.01. The van der Waals surface area contributed by atoms with E-state index in [2.05, 4.69) is 124 Å². The van der Waals surface area contributed by atoms with E-state index in [4.69, 9.17) is 15.0 Å². The van der Waals surface area contributed by atoms with Crippen molar-refractivity contribution in [3.63, 3.8) is 0 Å². The maximum atomic E-state index is 5.00. The molecule has 214 valence electrons. The van der Waals surface area contributed by atoms with Crippen molar-refractivity contribution in [2.24, 2.45) is 0 Å². The Morgan fingerprint density at radius 3 is 1.80 bits per heavy atom. The number of fused-ring (bicyclic) bond motifs is 5. The molecule has 5 aromatic heterocycles. The largest absolute Gasteiger partial charge is 0.254 e. The Labute approximate surface area is 264 Å². The van der Waals surface area contributed by atoms with Gasteiger partial charge in [0, 0.05) is 45.1 Å². The molecular weight excluding hydrogens is 564 g/mol. The van der Waals surface area contributed by atoms with E-state index >= 15 is 0 Å². The molecule has 0 bridgehead atoms. The van der Waals surface area contributed by atoms with Crippen molar-refractivity contribution in [2.45, 2.75) is 0 Å². The predicted molar refractivity (Wildman–Crippen MR) is 185 cm³/mol. The maximum absolute atomic E-state index is 5.00. The zero-order chi connectivity index (χ0) is 30.5. The summed E-state index contributed by atoms with van der Waals surface area (Å²) >= 11 is 0. The fourth-order valence-corrected chi connectivity index (χ4v) is 6.04. The summed E-state index contributed by atoms with van der Waals surface area (Å²) in [5, 5.41) is 4.34. The SMILES string of the molecule is c1cnc2c(c1)ccc1ccc(-c3ccc(-c4ccc5cc(-c6ccc7ccc(-c8ccncn8)nc7c6)ccc5n4)cc3)nc12. The third-order valence-corrected chi connectivity index (χ3v) is 8.47. The topological polar surface area (TPSA) is 77.3 Å². The van der Waals surface area contributed by atoms with Crippen LogP contribution in [-0.2, 0) is 0 Å². The van der Waals surface area contributed by atoms with Gasteiger partial charge in [-0.15, -0.1) is 0 Å². The minimum absolute atomic E-state index is 0.807. The van der Waals surface area contributed by atoms with Crippen LogP contribution < -0.4 is 0 Å². The molecule has 0 aliphatic heterocycles. The molecule has 0 N–H and O–H groups in total. The summed E-state index contributed by atoms with van der Waals surface area (Å²) in [5.41, 5.74) is 11.5. The fourth-order valence-electron chi connectivity index (χ4n) is 6.04. The first-order valence-corrected chi connectivity index (χ1v) is 15.1. The molecule has 0 saturated carbocycles. The van der Waals surface area contributed by atoms with E-state index in [1.165, 1.54) is 0 Å². The average Bonchev–Trinajstić information content (AvgIpc) is 3.14. The highest BCUT2D eigenvalue weighted by atomic mass is 14.8. The Kier molecular flexibility index (Phi) is 6.03. The standard InChI is InChI=1S/C40H24N6/c1-2-28-8-9-29-12-15-34(46-40(29)39(28)42-20-1)26-5-3-25(4-6-26)33-17-14-32-22-30(13-16-35(32)44-33)31-10-7-27-11-18-37(45-38(27)23-31)36-19-21-41-24-43-36/h1-24H. The van der Waals surface area contributed by atoms with E-state index in [1.54, 1.807) is 12.5 Å². The monoisotopic (exact) mass is 588 g/mol. The Hall–Kier alpha value is -6.40. The van der Waals surface area contributed by atoms with Gasteiger partial charge in [0.2, 0.25) is 0 Å². The van der Waals surface area contributed by atoms with Gasteiger partial charge in [-0.25, -0.2) is 24.9 Å². The summed E-state index contributed by atoms with van der Waals surface area (Å²) in [6.07, 6.45) is 5.10. The van der Waals surface area contributed by atoms with Gasteiger partial charge in [0.05, 0.1) is 44.8 Å². The number of hydrogen-bond acceptors (Lipinski definition) is 6. The van der Waals surface area contributed by atoms with E-state index in [-0.39, 0.29) is 0 Å². The summed E-state index contributed by atoms with van der Waals surface area (Å²) < 4.78 is 0. The highest BCUT2D eigenvalue weighted by molar-refractivity contribution is 6.03. The summed E-state index contributed by atoms with van der Waals surface area (Å²) in [6, 6.07) is 43.8. The summed E-state index contributed by atoms with van der Waals surface area (Å²) in [4.78, 5) is 27.8. The van der Waals surface area contributed by atoms with Crippen LogP contribution >= 0.6 is 0 Å². The van der Waals surface area contributed by atoms with Gasteiger partial charge >= 0.3 is 0 Å². The minimum Gasteiger partial charge on any atom is -0.254 e. The lowest BCUT2D eigenvalue weighted by Gasteiger charge is -2.09. The van der Waals surface area contributed by atoms with Crippen molar-refractivity contribution in [3.8, 4) is 45.0 Å². The van der Waals surface area contributed by atoms with Gasteiger partial charge in [-0.2, -0.15) is 0 Å². The smallest absolute Gasteiger partial charge is 0.116 e. The van der Waals surface area contributed by atoms with E-state index in [0.29, 0.717) is 0 Å². The lowest BCUT2D eigenvalue weighted by Crippen LogP contribution is -1.90. The summed E-state index contributed by atoms with van der Waals surface area (Å²) in [6.45, 7) is 0. The molecule has 0 atom stereocenters. The van der Waals surface area contributed by atoms with Gasteiger partial charge in [0.15, 0.2) is 0 Å². The van der Waals surface area contributed by atoms with Crippen LogP contribution in [-0.4, -0.2) is 29.9 Å². The Morgan fingerprint density at radius 1 is 0.348 bits per heavy atom. The minimum atomic E-state index is 0.807. The van der Waals surface area contributed by atoms with Crippen molar-refractivity contribution < 1.29 is 0 Å². The van der Waals surface area contributed by atoms with E-state index in [0.717, 1.165) is 88.6 Å². The van der Waals surface area contributed by atoms with Crippen molar-refractivity contribution in [1.29, 1.82) is 0 Å². The molecule has 0 unspecified atom stereocenters. The molecule has 0 aliphatic rings. The van der Waals surface area contributed by atoms with Gasteiger partial charge in [-0.3, -0.25) is 4.98 Å². The molecule has 0 radical (unpaired) electrons. The number of hydrogen-bond donors (Lipinski definition) is 0. The number of pyridine rings is 4. The lowest BCUT2D eigenvalue weighted by atomic mass is 10.0. The number of aromatic nitrogens is 6. The first-order valence-electron chi connectivity index (χ1n) is 15.1. The molecule has 0 fully saturated rings. The third-order valence-electron chi connectivity index (χ3n) is 8.47. The Bertz CT molecular complexity index is 2580. The van der Waals surface area contributed by atoms with Crippen molar-refractivity contribution in [3.05, 3.63) is 146 Å². The molecule has 46 heavy (non-hydrogen) atoms. The molecule has 5 heterocycles. The van der Waals surface area contributed by atoms with Gasteiger partial charge in [-0.1, -0.05) is 78.9 Å². The van der Waals surface area contributed by atoms with E-state index < -0.39 is 0 Å². The number of benzene rings is 4. The molecule has 0 aliphatic carbocycles. The first kappa shape index (κ1) is 26.0. The molecule has 9 rings (SSSR count). The van der Waals surface area contributed by atoms with Crippen LogP contribution in [0, 0.1) is 0 Å². The molecule has 4 aromatic carbocycles. The van der Waals surface area contributed by atoms with Crippen molar-refractivity contribution in [1.82, 2.24) is 29.9 Å². The van der Waals surface area contributed by atoms with Gasteiger partial charge in [-0.05, 0) is 59.7 Å². The molecule has 6 nitrogen and oxygen atoms in total.